The maximum absolute atomic E-state index is 12.7. The first-order valence-electron chi connectivity index (χ1n) is 11.9. The van der Waals surface area contributed by atoms with Gasteiger partial charge >= 0.3 is 0 Å². The predicted octanol–water partition coefficient (Wildman–Crippen LogP) is 5.44. The zero-order chi connectivity index (χ0) is 24.5. The van der Waals surface area contributed by atoms with Crippen LogP contribution >= 0.6 is 11.8 Å². The molecule has 1 amide bonds. The molecule has 0 bridgehead atoms. The van der Waals surface area contributed by atoms with Crippen LogP contribution in [0.4, 0.5) is 11.4 Å². The van der Waals surface area contributed by atoms with Crippen molar-refractivity contribution in [1.82, 2.24) is 9.88 Å². The largest absolute Gasteiger partial charge is 0.378 e. The molecule has 6 nitrogen and oxygen atoms in total. The minimum absolute atomic E-state index is 0.114. The molecule has 0 radical (unpaired) electrons. The first-order valence-corrected chi connectivity index (χ1v) is 12.7. The summed E-state index contributed by atoms with van der Waals surface area (Å²) < 4.78 is 7.70. The van der Waals surface area contributed by atoms with Crippen molar-refractivity contribution >= 4 is 40.3 Å². The Bertz CT molecular complexity index is 1330. The van der Waals surface area contributed by atoms with E-state index in [1.807, 2.05) is 18.2 Å². The van der Waals surface area contributed by atoms with Gasteiger partial charge in [-0.05, 0) is 105 Å². The molecule has 2 aliphatic heterocycles. The molecule has 0 saturated carbocycles. The van der Waals surface area contributed by atoms with Gasteiger partial charge in [-0.15, -0.1) is 0 Å². The molecule has 3 heterocycles. The van der Waals surface area contributed by atoms with Crippen LogP contribution in [0.3, 0.4) is 0 Å². The Balaban J connectivity index is 1.37. The Morgan fingerprint density at radius 3 is 2.37 bits per heavy atom. The van der Waals surface area contributed by atoms with E-state index in [4.69, 9.17) is 4.74 Å². The highest BCUT2D eigenvalue weighted by molar-refractivity contribution is 8.18. The van der Waals surface area contributed by atoms with Gasteiger partial charge in [0.2, 0.25) is 0 Å². The fourth-order valence-corrected chi connectivity index (χ4v) is 5.33. The van der Waals surface area contributed by atoms with Gasteiger partial charge in [-0.2, -0.15) is 0 Å². The van der Waals surface area contributed by atoms with Gasteiger partial charge in [-0.25, -0.2) is 4.99 Å². The van der Waals surface area contributed by atoms with E-state index in [2.05, 4.69) is 83.9 Å². The van der Waals surface area contributed by atoms with E-state index in [1.165, 1.54) is 28.6 Å². The number of rotatable bonds is 4. The topological polar surface area (TPSA) is 58.9 Å². The highest BCUT2D eigenvalue weighted by Gasteiger charge is 2.25. The van der Waals surface area contributed by atoms with Gasteiger partial charge in [0.05, 0.1) is 23.8 Å². The number of carbonyl (C=O) groups excluding carboxylic acids is 1. The number of morpholine rings is 1. The Kier molecular flexibility index (Phi) is 6.54. The number of amides is 1. The second-order valence-corrected chi connectivity index (χ2v) is 10.1. The van der Waals surface area contributed by atoms with E-state index in [1.54, 1.807) is 0 Å². The standard InChI is InChI=1S/C28H30N4O2S/c1-18-5-6-23(15-19(18)2)29-28-30-27(33)26(35-28)17-22-16-20(3)32(21(22)4)25-9-7-24(8-10-25)31-11-13-34-14-12-31/h5-10,15-17H,11-14H2,1-4H3,(H,29,30,33)/b26-17-. The lowest BCUT2D eigenvalue weighted by atomic mass is 10.1. The number of ether oxygens (including phenoxy) is 1. The van der Waals surface area contributed by atoms with Crippen LogP contribution < -0.4 is 10.2 Å². The molecule has 0 spiro atoms. The maximum Gasteiger partial charge on any atom is 0.264 e. The summed E-state index contributed by atoms with van der Waals surface area (Å²) in [5, 5.41) is 3.51. The maximum atomic E-state index is 12.7. The number of thioether (sulfide) groups is 1. The molecule has 5 rings (SSSR count). The Morgan fingerprint density at radius 1 is 0.943 bits per heavy atom. The third-order valence-corrected chi connectivity index (χ3v) is 7.52. The van der Waals surface area contributed by atoms with E-state index >= 15 is 0 Å². The fraction of sp³-hybridized carbons (Fsp3) is 0.286. The summed E-state index contributed by atoms with van der Waals surface area (Å²) in [7, 11) is 0. The van der Waals surface area contributed by atoms with E-state index in [0.717, 1.165) is 54.6 Å². The van der Waals surface area contributed by atoms with Gasteiger partial charge in [-0.3, -0.25) is 4.79 Å². The summed E-state index contributed by atoms with van der Waals surface area (Å²) in [5.74, 6) is -0.114. The van der Waals surface area contributed by atoms with Gasteiger partial charge in [0.25, 0.3) is 5.91 Å². The molecule has 0 aliphatic carbocycles. The third-order valence-electron chi connectivity index (χ3n) is 6.61. The lowest BCUT2D eigenvalue weighted by Crippen LogP contribution is -2.36. The second-order valence-electron chi connectivity index (χ2n) is 9.03. The lowest BCUT2D eigenvalue weighted by Gasteiger charge is -2.29. The average Bonchev–Trinajstić information content (AvgIpc) is 3.34. The number of hydrogen-bond acceptors (Lipinski definition) is 5. The number of nitrogens with zero attached hydrogens (tertiary/aromatic N) is 3. The van der Waals surface area contributed by atoms with Gasteiger partial charge in [0.1, 0.15) is 0 Å². The smallest absolute Gasteiger partial charge is 0.264 e. The van der Waals surface area contributed by atoms with Crippen molar-refractivity contribution < 1.29 is 9.53 Å². The molecule has 3 aromatic rings. The zero-order valence-corrected chi connectivity index (χ0v) is 21.4. The Labute approximate surface area is 210 Å². The molecular formula is C28H30N4O2S. The quantitative estimate of drug-likeness (QED) is 0.499. The SMILES string of the molecule is Cc1ccc(N=C2NC(=O)/C(=C/c3cc(C)n(-c4ccc(N5CCOCC5)cc4)c3C)S2)cc1C. The summed E-state index contributed by atoms with van der Waals surface area (Å²) in [6.07, 6.45) is 1.96. The summed E-state index contributed by atoms with van der Waals surface area (Å²) in [5.41, 5.74) is 8.84. The summed E-state index contributed by atoms with van der Waals surface area (Å²) in [6.45, 7) is 11.7. The first-order chi connectivity index (χ1) is 16.9. The molecule has 0 atom stereocenters. The molecular weight excluding hydrogens is 456 g/mol. The second kappa shape index (κ2) is 9.76. The van der Waals surface area contributed by atoms with Crippen LogP contribution in [0.5, 0.6) is 0 Å². The van der Waals surface area contributed by atoms with Crippen LogP contribution in [-0.4, -0.2) is 41.9 Å². The molecule has 1 aromatic heterocycles. The number of carbonyl (C=O) groups is 1. The van der Waals surface area contributed by atoms with Crippen LogP contribution in [-0.2, 0) is 9.53 Å². The minimum Gasteiger partial charge on any atom is -0.378 e. The van der Waals surface area contributed by atoms with Gasteiger partial charge < -0.3 is 19.5 Å². The number of aryl methyl sites for hydroxylation is 3. The van der Waals surface area contributed by atoms with Crippen LogP contribution in [0.2, 0.25) is 0 Å². The predicted molar refractivity (Wildman–Crippen MR) is 145 cm³/mol. The molecule has 2 saturated heterocycles. The average molecular weight is 487 g/mol. The highest BCUT2D eigenvalue weighted by atomic mass is 32.2. The van der Waals surface area contributed by atoms with Crippen LogP contribution in [0, 0.1) is 27.7 Å². The van der Waals surface area contributed by atoms with Gasteiger partial charge in [0.15, 0.2) is 5.17 Å². The number of benzene rings is 2. The Morgan fingerprint density at radius 2 is 1.66 bits per heavy atom. The summed E-state index contributed by atoms with van der Waals surface area (Å²) in [4.78, 5) is 20.3. The van der Waals surface area contributed by atoms with Crippen molar-refractivity contribution in [2.45, 2.75) is 27.7 Å². The van der Waals surface area contributed by atoms with Crippen molar-refractivity contribution in [3.8, 4) is 5.69 Å². The molecule has 2 fully saturated rings. The van der Waals surface area contributed by atoms with Crippen LogP contribution in [0.15, 0.2) is 58.4 Å². The van der Waals surface area contributed by atoms with E-state index in [9.17, 15) is 4.79 Å². The molecule has 2 aliphatic rings. The number of nitrogens with one attached hydrogen (secondary N) is 1. The van der Waals surface area contributed by atoms with Crippen molar-refractivity contribution in [3.05, 3.63) is 81.5 Å². The number of hydrogen-bond donors (Lipinski definition) is 1. The molecule has 7 heteroatoms. The molecule has 35 heavy (non-hydrogen) atoms. The number of amidine groups is 1. The molecule has 2 aromatic carbocycles. The zero-order valence-electron chi connectivity index (χ0n) is 20.6. The van der Waals surface area contributed by atoms with Crippen molar-refractivity contribution in [2.75, 3.05) is 31.2 Å². The van der Waals surface area contributed by atoms with Gasteiger partial charge in [-0.1, -0.05) is 6.07 Å². The first kappa shape index (κ1) is 23.5. The van der Waals surface area contributed by atoms with E-state index in [-0.39, 0.29) is 5.91 Å². The monoisotopic (exact) mass is 486 g/mol. The number of aromatic nitrogens is 1. The third kappa shape index (κ3) is 4.92. The van der Waals surface area contributed by atoms with Crippen LogP contribution in [0.25, 0.3) is 11.8 Å². The summed E-state index contributed by atoms with van der Waals surface area (Å²) in [6, 6.07) is 16.9. The normalized spacial score (nSPS) is 18.5. The lowest BCUT2D eigenvalue weighted by molar-refractivity contribution is -0.115. The van der Waals surface area contributed by atoms with Crippen LogP contribution in [0.1, 0.15) is 28.1 Å². The van der Waals surface area contributed by atoms with Gasteiger partial charge in [0, 0.05) is 35.9 Å². The Hall–Kier alpha value is -3.29. The highest BCUT2D eigenvalue weighted by Crippen LogP contribution is 2.31. The summed E-state index contributed by atoms with van der Waals surface area (Å²) >= 11 is 1.38. The van der Waals surface area contributed by atoms with E-state index < -0.39 is 0 Å². The molecule has 180 valence electrons. The van der Waals surface area contributed by atoms with Crippen molar-refractivity contribution in [3.63, 3.8) is 0 Å². The number of aliphatic imine (C=N–C) groups is 1. The van der Waals surface area contributed by atoms with Crippen molar-refractivity contribution in [2.24, 2.45) is 4.99 Å². The van der Waals surface area contributed by atoms with Crippen molar-refractivity contribution in [1.29, 1.82) is 0 Å². The van der Waals surface area contributed by atoms with E-state index in [0.29, 0.717) is 10.1 Å². The fourth-order valence-electron chi connectivity index (χ4n) is 4.50. The minimum atomic E-state index is -0.114. The molecule has 0 unspecified atom stereocenters. The number of anilines is 1. The molecule has 1 N–H and O–H groups in total.